The molecule has 0 atom stereocenters. The molecule has 2 aliphatic rings. The summed E-state index contributed by atoms with van der Waals surface area (Å²) in [6.45, 7) is 4.06. The summed E-state index contributed by atoms with van der Waals surface area (Å²) in [6, 6.07) is 5.92. The first-order valence-corrected chi connectivity index (χ1v) is 10.1. The second-order valence-corrected chi connectivity index (χ2v) is 7.40. The van der Waals surface area contributed by atoms with Gasteiger partial charge < -0.3 is 4.90 Å². The maximum atomic E-state index is 13.1. The van der Waals surface area contributed by atoms with E-state index < -0.39 is 4.92 Å². The zero-order chi connectivity index (χ0) is 20.1. The number of nitro benzene ring substituents is 1. The summed E-state index contributed by atoms with van der Waals surface area (Å²) in [7, 11) is 0. The van der Waals surface area contributed by atoms with Crippen LogP contribution in [0.2, 0.25) is 0 Å². The Hall–Kier alpha value is -2.70. The summed E-state index contributed by atoms with van der Waals surface area (Å²) in [5, 5.41) is 10.9. The quantitative estimate of drug-likeness (QED) is 0.295. The number of imide groups is 1. The van der Waals surface area contributed by atoms with Gasteiger partial charge in [-0.1, -0.05) is 26.2 Å². The zero-order valence-corrected chi connectivity index (χ0v) is 16.4. The minimum absolute atomic E-state index is 0.0305. The van der Waals surface area contributed by atoms with Crippen molar-refractivity contribution >= 4 is 23.1 Å². The van der Waals surface area contributed by atoms with Crippen LogP contribution < -0.4 is 0 Å². The predicted molar refractivity (Wildman–Crippen MR) is 106 cm³/mol. The van der Waals surface area contributed by atoms with Gasteiger partial charge in [0.1, 0.15) is 5.70 Å². The Bertz CT molecular complexity index is 779. The van der Waals surface area contributed by atoms with Crippen LogP contribution in [0.5, 0.6) is 0 Å². The van der Waals surface area contributed by atoms with E-state index in [9.17, 15) is 19.7 Å². The Labute approximate surface area is 165 Å². The number of nitro groups is 1. The van der Waals surface area contributed by atoms with Crippen molar-refractivity contribution in [3.8, 4) is 0 Å². The largest absolute Gasteiger partial charge is 0.366 e. The Balaban J connectivity index is 1.92. The maximum Gasteiger partial charge on any atom is 0.277 e. The Kier molecular flexibility index (Phi) is 6.44. The van der Waals surface area contributed by atoms with Gasteiger partial charge in [0.25, 0.3) is 17.5 Å². The molecule has 2 aliphatic heterocycles. The second-order valence-electron chi connectivity index (χ2n) is 7.40. The summed E-state index contributed by atoms with van der Waals surface area (Å²) in [5.41, 5.74) is 1.39. The van der Waals surface area contributed by atoms with E-state index in [-0.39, 0.29) is 17.5 Å². The molecular formula is C21H27N3O4. The van der Waals surface area contributed by atoms with E-state index in [1.54, 1.807) is 12.1 Å². The summed E-state index contributed by atoms with van der Waals surface area (Å²) in [5.74, 6) is -0.507. The minimum atomic E-state index is -0.467. The van der Waals surface area contributed by atoms with Crippen LogP contribution in [0.25, 0.3) is 5.57 Å². The number of hydrogen-bond acceptors (Lipinski definition) is 5. The predicted octanol–water partition coefficient (Wildman–Crippen LogP) is 3.74. The molecule has 0 spiro atoms. The van der Waals surface area contributed by atoms with Gasteiger partial charge in [0.05, 0.1) is 10.5 Å². The topological polar surface area (TPSA) is 83.8 Å². The number of benzene rings is 1. The van der Waals surface area contributed by atoms with E-state index in [0.717, 1.165) is 58.0 Å². The third-order valence-electron chi connectivity index (χ3n) is 5.42. The Morgan fingerprint density at radius 3 is 2.25 bits per heavy atom. The van der Waals surface area contributed by atoms with Crippen LogP contribution in [0.1, 0.15) is 57.4 Å². The molecule has 1 fully saturated rings. The lowest BCUT2D eigenvalue weighted by Gasteiger charge is -2.29. The molecular weight excluding hydrogens is 358 g/mol. The highest BCUT2D eigenvalue weighted by Crippen LogP contribution is 2.34. The number of carbonyl (C=O) groups excluding carboxylic acids is 2. The molecule has 1 aromatic rings. The van der Waals surface area contributed by atoms with Gasteiger partial charge in [0.2, 0.25) is 0 Å². The minimum Gasteiger partial charge on any atom is -0.366 e. The molecule has 1 aromatic carbocycles. The number of carbonyl (C=O) groups is 2. The highest BCUT2D eigenvalue weighted by molar-refractivity contribution is 6.35. The second kappa shape index (κ2) is 8.99. The van der Waals surface area contributed by atoms with E-state index in [1.807, 2.05) is 4.90 Å². The molecule has 1 saturated heterocycles. The molecule has 0 unspecified atom stereocenters. The number of rotatable bonds is 8. The highest BCUT2D eigenvalue weighted by atomic mass is 16.6. The molecule has 7 nitrogen and oxygen atoms in total. The highest BCUT2D eigenvalue weighted by Gasteiger charge is 2.41. The van der Waals surface area contributed by atoms with Crippen LogP contribution in [0.4, 0.5) is 5.69 Å². The van der Waals surface area contributed by atoms with Crippen LogP contribution in [0, 0.1) is 10.1 Å². The first-order chi connectivity index (χ1) is 13.5. The van der Waals surface area contributed by atoms with Gasteiger partial charge in [-0.2, -0.15) is 0 Å². The average molecular weight is 385 g/mol. The SMILES string of the molecule is CCCCCCN1C(=O)C(c2ccc([N+](=O)[O-])cc2)=C(N2CCCCC2)C1=O. The van der Waals surface area contributed by atoms with Crippen LogP contribution in [0.3, 0.4) is 0 Å². The number of hydrogen-bond donors (Lipinski definition) is 0. The fourth-order valence-corrected chi connectivity index (χ4v) is 3.88. The smallest absolute Gasteiger partial charge is 0.277 e. The van der Waals surface area contributed by atoms with Gasteiger partial charge in [-0.3, -0.25) is 24.6 Å². The lowest BCUT2D eigenvalue weighted by atomic mass is 10.0. The molecule has 2 amide bonds. The van der Waals surface area contributed by atoms with Crippen LogP contribution in [-0.2, 0) is 9.59 Å². The molecule has 0 N–H and O–H groups in total. The van der Waals surface area contributed by atoms with E-state index in [4.69, 9.17) is 0 Å². The van der Waals surface area contributed by atoms with Crippen LogP contribution >= 0.6 is 0 Å². The normalized spacial score (nSPS) is 17.6. The molecule has 150 valence electrons. The van der Waals surface area contributed by atoms with E-state index in [1.165, 1.54) is 17.0 Å². The lowest BCUT2D eigenvalue weighted by Crippen LogP contribution is -2.37. The molecule has 2 heterocycles. The summed E-state index contributed by atoms with van der Waals surface area (Å²) >= 11 is 0. The van der Waals surface area contributed by atoms with E-state index in [2.05, 4.69) is 6.92 Å². The number of amides is 2. The fourth-order valence-electron chi connectivity index (χ4n) is 3.88. The van der Waals surface area contributed by atoms with Crippen molar-refractivity contribution in [2.45, 2.75) is 51.9 Å². The van der Waals surface area contributed by atoms with E-state index in [0.29, 0.717) is 23.4 Å². The summed E-state index contributed by atoms with van der Waals surface area (Å²) in [4.78, 5) is 40.1. The standard InChI is InChI=1S/C21H27N3O4/c1-2-3-4-8-15-23-20(25)18(16-9-11-17(12-10-16)24(27)28)19(21(23)26)22-13-6-5-7-14-22/h9-12H,2-8,13-15H2,1H3. The van der Waals surface area contributed by atoms with Crippen molar-refractivity contribution in [1.82, 2.24) is 9.80 Å². The number of nitrogens with zero attached hydrogens (tertiary/aromatic N) is 3. The summed E-state index contributed by atoms with van der Waals surface area (Å²) < 4.78 is 0. The number of piperidine rings is 1. The van der Waals surface area contributed by atoms with Crippen LogP contribution in [-0.4, -0.2) is 46.2 Å². The first kappa shape index (κ1) is 20.0. The zero-order valence-electron chi connectivity index (χ0n) is 16.4. The molecule has 0 radical (unpaired) electrons. The molecule has 0 bridgehead atoms. The van der Waals surface area contributed by atoms with Gasteiger partial charge in [-0.05, 0) is 43.4 Å². The summed E-state index contributed by atoms with van der Waals surface area (Å²) in [6.07, 6.45) is 7.07. The molecule has 7 heteroatoms. The Morgan fingerprint density at radius 1 is 0.964 bits per heavy atom. The first-order valence-electron chi connectivity index (χ1n) is 10.1. The third-order valence-corrected chi connectivity index (χ3v) is 5.42. The van der Waals surface area contributed by atoms with Crippen molar-refractivity contribution in [1.29, 1.82) is 0 Å². The molecule has 0 aliphatic carbocycles. The number of unbranched alkanes of at least 4 members (excludes halogenated alkanes) is 3. The third kappa shape index (κ3) is 4.08. The molecule has 28 heavy (non-hydrogen) atoms. The van der Waals surface area contributed by atoms with Gasteiger partial charge in [0, 0.05) is 31.8 Å². The van der Waals surface area contributed by atoms with Crippen molar-refractivity contribution in [3.63, 3.8) is 0 Å². The molecule has 0 aromatic heterocycles. The van der Waals surface area contributed by atoms with Crippen molar-refractivity contribution in [3.05, 3.63) is 45.6 Å². The monoisotopic (exact) mass is 385 g/mol. The van der Waals surface area contributed by atoms with Gasteiger partial charge >= 0.3 is 0 Å². The number of likely N-dealkylation sites (tertiary alicyclic amines) is 1. The van der Waals surface area contributed by atoms with Crippen molar-refractivity contribution in [2.24, 2.45) is 0 Å². The van der Waals surface area contributed by atoms with Gasteiger partial charge in [-0.25, -0.2) is 0 Å². The van der Waals surface area contributed by atoms with Crippen LogP contribution in [0.15, 0.2) is 30.0 Å². The molecule has 0 saturated carbocycles. The lowest BCUT2D eigenvalue weighted by molar-refractivity contribution is -0.384. The Morgan fingerprint density at radius 2 is 1.64 bits per heavy atom. The number of non-ortho nitro benzene ring substituents is 1. The average Bonchev–Trinajstić information content (AvgIpc) is 2.96. The van der Waals surface area contributed by atoms with Gasteiger partial charge in [0.15, 0.2) is 0 Å². The van der Waals surface area contributed by atoms with Crippen molar-refractivity contribution < 1.29 is 14.5 Å². The maximum absolute atomic E-state index is 13.1. The fraction of sp³-hybridized carbons (Fsp3) is 0.524. The van der Waals surface area contributed by atoms with E-state index >= 15 is 0 Å². The van der Waals surface area contributed by atoms with Crippen molar-refractivity contribution in [2.75, 3.05) is 19.6 Å². The van der Waals surface area contributed by atoms with Gasteiger partial charge in [-0.15, -0.1) is 0 Å². The molecule has 3 rings (SSSR count).